The van der Waals surface area contributed by atoms with E-state index in [1.807, 2.05) is 18.4 Å². The number of carbonyl (C=O) groups excluding carboxylic acids is 1. The normalized spacial score (nSPS) is 15.4. The first-order chi connectivity index (χ1) is 12.9. The van der Waals surface area contributed by atoms with E-state index >= 15 is 0 Å². The van der Waals surface area contributed by atoms with E-state index in [9.17, 15) is 13.2 Å². The van der Waals surface area contributed by atoms with Crippen molar-refractivity contribution in [1.29, 1.82) is 0 Å². The summed E-state index contributed by atoms with van der Waals surface area (Å²) in [6.45, 7) is 5.12. The van der Waals surface area contributed by atoms with E-state index in [1.54, 1.807) is 24.5 Å². The zero-order chi connectivity index (χ0) is 19.4. The Labute approximate surface area is 163 Å². The lowest BCUT2D eigenvalue weighted by Gasteiger charge is -2.16. The molecule has 1 amide bonds. The van der Waals surface area contributed by atoms with Crippen LogP contribution < -0.4 is 5.32 Å². The summed E-state index contributed by atoms with van der Waals surface area (Å²) in [5.41, 5.74) is 0.464. The number of nitrogens with one attached hydrogen (secondary N) is 1. The Morgan fingerprint density at radius 3 is 2.74 bits per heavy atom. The van der Waals surface area contributed by atoms with Gasteiger partial charge in [0.15, 0.2) is 5.16 Å². The summed E-state index contributed by atoms with van der Waals surface area (Å²) >= 11 is 1.29. The molecule has 0 spiro atoms. The number of rotatable bonds is 7. The van der Waals surface area contributed by atoms with Crippen molar-refractivity contribution in [2.24, 2.45) is 0 Å². The lowest BCUT2D eigenvalue weighted by molar-refractivity contribution is -0.113. The van der Waals surface area contributed by atoms with Gasteiger partial charge in [-0.1, -0.05) is 17.8 Å². The molecule has 0 aliphatic carbocycles. The summed E-state index contributed by atoms with van der Waals surface area (Å²) in [4.78, 5) is 12.5. The maximum Gasteiger partial charge on any atom is 0.243 e. The topological polar surface area (TPSA) is 97.2 Å². The zero-order valence-electron chi connectivity index (χ0n) is 15.3. The molecule has 0 saturated carbocycles. The van der Waals surface area contributed by atoms with Crippen LogP contribution in [0.2, 0.25) is 0 Å². The highest BCUT2D eigenvalue weighted by Gasteiger charge is 2.27. The highest BCUT2D eigenvalue weighted by molar-refractivity contribution is 7.99. The fourth-order valence-electron chi connectivity index (χ4n) is 2.83. The van der Waals surface area contributed by atoms with E-state index in [1.165, 1.54) is 22.1 Å². The van der Waals surface area contributed by atoms with Crippen molar-refractivity contribution in [3.63, 3.8) is 0 Å². The SMILES string of the molecule is CC(C)n1cnnc1SCC(=O)Nc1cccc(S(=O)(=O)N2CCCC2)c1. The molecular formula is C17H23N5O3S2. The van der Waals surface area contributed by atoms with E-state index in [4.69, 9.17) is 0 Å². The van der Waals surface area contributed by atoms with Gasteiger partial charge in [-0.15, -0.1) is 10.2 Å². The number of sulfonamides is 1. The molecule has 0 unspecified atom stereocenters. The second kappa shape index (κ2) is 8.41. The lowest BCUT2D eigenvalue weighted by atomic mass is 10.3. The number of benzene rings is 1. The lowest BCUT2D eigenvalue weighted by Crippen LogP contribution is -2.28. The average molecular weight is 410 g/mol. The van der Waals surface area contributed by atoms with E-state index in [0.29, 0.717) is 23.9 Å². The number of amides is 1. The molecule has 2 heterocycles. The van der Waals surface area contributed by atoms with Crippen LogP contribution in [0.5, 0.6) is 0 Å². The number of anilines is 1. The van der Waals surface area contributed by atoms with Crippen LogP contribution in [0.4, 0.5) is 5.69 Å². The van der Waals surface area contributed by atoms with E-state index in [2.05, 4.69) is 15.5 Å². The van der Waals surface area contributed by atoms with Crippen LogP contribution >= 0.6 is 11.8 Å². The largest absolute Gasteiger partial charge is 0.325 e. The number of nitrogens with zero attached hydrogens (tertiary/aromatic N) is 4. The third kappa shape index (κ3) is 4.69. The van der Waals surface area contributed by atoms with Crippen LogP contribution in [0, 0.1) is 0 Å². The quantitative estimate of drug-likeness (QED) is 0.705. The first-order valence-corrected chi connectivity index (χ1v) is 11.2. The molecule has 1 aromatic carbocycles. The van der Waals surface area contributed by atoms with Crippen LogP contribution in [-0.4, -0.2) is 52.2 Å². The molecule has 1 fully saturated rings. The molecule has 27 heavy (non-hydrogen) atoms. The van der Waals surface area contributed by atoms with Gasteiger partial charge in [-0.3, -0.25) is 4.79 Å². The van der Waals surface area contributed by atoms with Crippen LogP contribution in [0.1, 0.15) is 32.7 Å². The minimum atomic E-state index is -3.50. The van der Waals surface area contributed by atoms with Crippen molar-refractivity contribution in [2.75, 3.05) is 24.2 Å². The molecule has 1 N–H and O–H groups in total. The molecule has 10 heteroatoms. The summed E-state index contributed by atoms with van der Waals surface area (Å²) in [6.07, 6.45) is 3.40. The van der Waals surface area contributed by atoms with Gasteiger partial charge in [-0.2, -0.15) is 4.31 Å². The molecule has 1 saturated heterocycles. The number of thioether (sulfide) groups is 1. The third-order valence-corrected chi connectivity index (χ3v) is 7.10. The molecule has 1 aliphatic heterocycles. The van der Waals surface area contributed by atoms with E-state index in [-0.39, 0.29) is 22.6 Å². The molecule has 1 aromatic heterocycles. The van der Waals surface area contributed by atoms with Gasteiger partial charge in [0, 0.05) is 24.8 Å². The molecule has 0 atom stereocenters. The molecular weight excluding hydrogens is 386 g/mol. The highest BCUT2D eigenvalue weighted by Crippen LogP contribution is 2.24. The average Bonchev–Trinajstić information content (AvgIpc) is 3.32. The number of hydrogen-bond donors (Lipinski definition) is 1. The van der Waals surface area contributed by atoms with Crippen molar-refractivity contribution in [3.8, 4) is 0 Å². The molecule has 8 nitrogen and oxygen atoms in total. The second-order valence-corrected chi connectivity index (χ2v) is 9.47. The minimum Gasteiger partial charge on any atom is -0.325 e. The fourth-order valence-corrected chi connectivity index (χ4v) is 5.24. The van der Waals surface area contributed by atoms with Crippen molar-refractivity contribution in [3.05, 3.63) is 30.6 Å². The maximum atomic E-state index is 12.6. The third-order valence-electron chi connectivity index (χ3n) is 4.25. The van der Waals surface area contributed by atoms with Gasteiger partial charge in [-0.25, -0.2) is 8.42 Å². The van der Waals surface area contributed by atoms with Gasteiger partial charge in [0.1, 0.15) is 6.33 Å². The number of aromatic nitrogens is 3. The summed E-state index contributed by atoms with van der Waals surface area (Å²) in [5, 5.41) is 11.3. The Kier molecular flexibility index (Phi) is 6.18. The Hall–Kier alpha value is -1.91. The van der Waals surface area contributed by atoms with Crippen molar-refractivity contribution in [1.82, 2.24) is 19.1 Å². The zero-order valence-corrected chi connectivity index (χ0v) is 17.0. The highest BCUT2D eigenvalue weighted by atomic mass is 32.2. The summed E-state index contributed by atoms with van der Waals surface area (Å²) < 4.78 is 28.7. The van der Waals surface area contributed by atoms with Crippen LogP contribution in [0.15, 0.2) is 40.6 Å². The Balaban J connectivity index is 1.64. The van der Waals surface area contributed by atoms with Gasteiger partial charge in [-0.05, 0) is 44.9 Å². The van der Waals surface area contributed by atoms with Gasteiger partial charge in [0.05, 0.1) is 10.6 Å². The Bertz CT molecular complexity index is 905. The molecule has 146 valence electrons. The maximum absolute atomic E-state index is 12.6. The molecule has 0 bridgehead atoms. The molecule has 2 aromatic rings. The Morgan fingerprint density at radius 1 is 1.30 bits per heavy atom. The van der Waals surface area contributed by atoms with Crippen LogP contribution in [-0.2, 0) is 14.8 Å². The van der Waals surface area contributed by atoms with Gasteiger partial charge >= 0.3 is 0 Å². The van der Waals surface area contributed by atoms with Gasteiger partial charge in [0.25, 0.3) is 0 Å². The van der Waals surface area contributed by atoms with Crippen LogP contribution in [0.25, 0.3) is 0 Å². The van der Waals surface area contributed by atoms with Gasteiger partial charge < -0.3 is 9.88 Å². The predicted molar refractivity (Wildman–Crippen MR) is 104 cm³/mol. The van der Waals surface area contributed by atoms with E-state index in [0.717, 1.165) is 12.8 Å². The number of carbonyl (C=O) groups is 1. The standard InChI is InChI=1S/C17H23N5O3S2/c1-13(2)22-12-18-20-17(22)26-11-16(23)19-14-6-5-7-15(10-14)27(24,25)21-8-3-4-9-21/h5-7,10,12-13H,3-4,8-9,11H2,1-2H3,(H,19,23). The first-order valence-electron chi connectivity index (χ1n) is 8.80. The number of hydrogen-bond acceptors (Lipinski definition) is 6. The monoisotopic (exact) mass is 409 g/mol. The van der Waals surface area contributed by atoms with Crippen LogP contribution in [0.3, 0.4) is 0 Å². The van der Waals surface area contributed by atoms with Gasteiger partial charge in [0.2, 0.25) is 15.9 Å². The van der Waals surface area contributed by atoms with Crippen molar-refractivity contribution < 1.29 is 13.2 Å². The molecule has 3 rings (SSSR count). The minimum absolute atomic E-state index is 0.161. The second-order valence-electron chi connectivity index (χ2n) is 6.59. The first kappa shape index (κ1) is 19.8. The smallest absolute Gasteiger partial charge is 0.243 e. The summed E-state index contributed by atoms with van der Waals surface area (Å²) in [5.74, 6) is -0.0665. The van der Waals surface area contributed by atoms with Crippen molar-refractivity contribution >= 4 is 33.4 Å². The predicted octanol–water partition coefficient (Wildman–Crippen LogP) is 2.37. The fraction of sp³-hybridized carbons (Fsp3) is 0.471. The Morgan fingerprint density at radius 2 is 2.04 bits per heavy atom. The summed E-state index contributed by atoms with van der Waals surface area (Å²) in [6, 6.07) is 6.59. The van der Waals surface area contributed by atoms with Crippen molar-refractivity contribution in [2.45, 2.75) is 42.8 Å². The summed E-state index contributed by atoms with van der Waals surface area (Å²) in [7, 11) is -3.50. The van der Waals surface area contributed by atoms with E-state index < -0.39 is 10.0 Å². The molecule has 1 aliphatic rings. The molecule has 0 radical (unpaired) electrons.